The molecule has 0 fully saturated rings. The van der Waals surface area contributed by atoms with Crippen molar-refractivity contribution >= 4 is 32.7 Å². The Morgan fingerprint density at radius 2 is 1.96 bits per heavy atom. The molecule has 6 nitrogen and oxygen atoms in total. The first-order valence-electron chi connectivity index (χ1n) is 8.19. The van der Waals surface area contributed by atoms with E-state index in [2.05, 4.69) is 31.2 Å². The molecule has 0 saturated heterocycles. The van der Waals surface area contributed by atoms with E-state index < -0.39 is 0 Å². The Labute approximate surface area is 160 Å². The van der Waals surface area contributed by atoms with Gasteiger partial charge < -0.3 is 19.9 Å². The van der Waals surface area contributed by atoms with E-state index in [1.807, 2.05) is 31.2 Å². The predicted molar refractivity (Wildman–Crippen MR) is 105 cm³/mol. The fourth-order valence-electron chi connectivity index (χ4n) is 2.74. The largest absolute Gasteiger partial charge is 0.497 e. The van der Waals surface area contributed by atoms with Gasteiger partial charge in [-0.2, -0.15) is 0 Å². The average molecular weight is 418 g/mol. The van der Waals surface area contributed by atoms with Gasteiger partial charge in [-0.3, -0.25) is 0 Å². The minimum Gasteiger partial charge on any atom is -0.497 e. The van der Waals surface area contributed by atoms with E-state index in [1.54, 1.807) is 20.4 Å². The number of nitrogens with one attached hydrogen (secondary N) is 1. The number of ether oxygens (including phenoxy) is 2. The highest BCUT2D eigenvalue weighted by Gasteiger charge is 2.13. The number of anilines is 1. The molecule has 2 N–H and O–H groups in total. The van der Waals surface area contributed by atoms with Gasteiger partial charge in [-0.1, -0.05) is 6.92 Å². The number of benzene rings is 1. The molecule has 2 heterocycles. The first-order chi connectivity index (χ1) is 12.6. The van der Waals surface area contributed by atoms with Crippen LogP contribution in [0.1, 0.15) is 18.1 Å². The second-order valence-electron chi connectivity index (χ2n) is 5.71. The minimum atomic E-state index is 0.0506. The lowest BCUT2D eigenvalue weighted by Gasteiger charge is -2.14. The van der Waals surface area contributed by atoms with Crippen molar-refractivity contribution in [3.8, 4) is 17.4 Å². The molecule has 3 aromatic rings. The van der Waals surface area contributed by atoms with Crippen LogP contribution in [0.2, 0.25) is 0 Å². The van der Waals surface area contributed by atoms with Crippen molar-refractivity contribution in [2.75, 3.05) is 19.5 Å². The van der Waals surface area contributed by atoms with E-state index in [0.717, 1.165) is 32.5 Å². The first-order valence-corrected chi connectivity index (χ1v) is 8.98. The van der Waals surface area contributed by atoms with Crippen LogP contribution in [0, 0.1) is 0 Å². The molecular weight excluding hydrogens is 398 g/mol. The van der Waals surface area contributed by atoms with Crippen molar-refractivity contribution in [1.82, 2.24) is 9.97 Å². The topological polar surface area (TPSA) is 76.5 Å². The standard InChI is InChI=1S/C19H20BrN3O3/c1-4-11-7-14-17(23-19(11)24)15(20)10-22-18(14)21-9-12-5-6-13(25-2)8-16(12)26-3/h5-8,10H,4,9H2,1-3H3,(H,21,22)(H,23,24). The van der Waals surface area contributed by atoms with Crippen molar-refractivity contribution in [3.05, 3.63) is 46.1 Å². The Balaban J connectivity index is 1.96. The molecule has 0 radical (unpaired) electrons. The fraction of sp³-hybridized carbons (Fsp3) is 0.263. The van der Waals surface area contributed by atoms with Crippen molar-refractivity contribution in [2.45, 2.75) is 19.9 Å². The van der Waals surface area contributed by atoms with Crippen LogP contribution in [0.15, 0.2) is 34.9 Å². The molecule has 0 aliphatic heterocycles. The number of rotatable bonds is 6. The van der Waals surface area contributed by atoms with Crippen LogP contribution in [0.3, 0.4) is 0 Å². The molecule has 3 rings (SSSR count). The molecule has 2 aromatic heterocycles. The van der Waals surface area contributed by atoms with Gasteiger partial charge >= 0.3 is 0 Å². The lowest BCUT2D eigenvalue weighted by Crippen LogP contribution is -2.05. The van der Waals surface area contributed by atoms with Crippen LogP contribution in [0.5, 0.6) is 17.4 Å². The number of fused-ring (bicyclic) bond motifs is 1. The Morgan fingerprint density at radius 1 is 1.15 bits per heavy atom. The summed E-state index contributed by atoms with van der Waals surface area (Å²) in [6.45, 7) is 2.50. The highest BCUT2D eigenvalue weighted by atomic mass is 79.9. The summed E-state index contributed by atoms with van der Waals surface area (Å²) in [7, 11) is 3.25. The van der Waals surface area contributed by atoms with Crippen molar-refractivity contribution in [3.63, 3.8) is 0 Å². The summed E-state index contributed by atoms with van der Waals surface area (Å²) in [6, 6.07) is 7.61. The monoisotopic (exact) mass is 417 g/mol. The normalized spacial score (nSPS) is 10.8. The van der Waals surface area contributed by atoms with E-state index >= 15 is 0 Å². The average Bonchev–Trinajstić information content (AvgIpc) is 2.67. The summed E-state index contributed by atoms with van der Waals surface area (Å²) in [5.74, 6) is 2.23. The van der Waals surface area contributed by atoms with Gasteiger partial charge in [0.15, 0.2) is 0 Å². The van der Waals surface area contributed by atoms with Crippen LogP contribution in [0.4, 0.5) is 5.82 Å². The molecule has 0 atom stereocenters. The number of aryl methyl sites for hydroxylation is 1. The molecule has 0 aliphatic carbocycles. The summed E-state index contributed by atoms with van der Waals surface area (Å²) in [4.78, 5) is 8.78. The van der Waals surface area contributed by atoms with Gasteiger partial charge in [0.25, 0.3) is 0 Å². The van der Waals surface area contributed by atoms with Gasteiger partial charge in [0.05, 0.1) is 24.2 Å². The van der Waals surface area contributed by atoms with Gasteiger partial charge in [-0.15, -0.1) is 0 Å². The van der Waals surface area contributed by atoms with Gasteiger partial charge in [0.1, 0.15) is 17.3 Å². The fourth-order valence-corrected chi connectivity index (χ4v) is 3.14. The van der Waals surface area contributed by atoms with Crippen LogP contribution in [-0.2, 0) is 13.0 Å². The number of hydrogen-bond acceptors (Lipinski definition) is 6. The maximum Gasteiger partial charge on any atom is 0.214 e. The number of aromatic hydroxyl groups is 1. The molecule has 1 aromatic carbocycles. The summed E-state index contributed by atoms with van der Waals surface area (Å²) in [5.41, 5.74) is 2.43. The van der Waals surface area contributed by atoms with Crippen LogP contribution >= 0.6 is 15.9 Å². The van der Waals surface area contributed by atoms with Crippen molar-refractivity contribution in [2.24, 2.45) is 0 Å². The van der Waals surface area contributed by atoms with E-state index in [9.17, 15) is 5.11 Å². The van der Waals surface area contributed by atoms with Crippen molar-refractivity contribution in [1.29, 1.82) is 0 Å². The number of methoxy groups -OCH3 is 2. The zero-order valence-electron chi connectivity index (χ0n) is 14.8. The Bertz CT molecular complexity index is 947. The molecule has 0 bridgehead atoms. The Hall–Kier alpha value is -2.54. The quantitative estimate of drug-likeness (QED) is 0.622. The Kier molecular flexibility index (Phi) is 5.46. The number of pyridine rings is 2. The third-order valence-electron chi connectivity index (χ3n) is 4.19. The van der Waals surface area contributed by atoms with Crippen LogP contribution in [0.25, 0.3) is 10.9 Å². The molecule has 0 saturated carbocycles. The van der Waals surface area contributed by atoms with Gasteiger partial charge in [-0.25, -0.2) is 9.97 Å². The third-order valence-corrected chi connectivity index (χ3v) is 4.77. The number of aromatic nitrogens is 2. The molecule has 0 spiro atoms. The van der Waals surface area contributed by atoms with Crippen molar-refractivity contribution < 1.29 is 14.6 Å². The lowest BCUT2D eigenvalue weighted by molar-refractivity contribution is 0.391. The molecule has 0 aliphatic rings. The molecule has 26 heavy (non-hydrogen) atoms. The molecule has 7 heteroatoms. The third kappa shape index (κ3) is 3.53. The predicted octanol–water partition coefficient (Wildman–Crippen LogP) is 4.29. The van der Waals surface area contributed by atoms with E-state index in [1.165, 1.54) is 0 Å². The summed E-state index contributed by atoms with van der Waals surface area (Å²) in [6.07, 6.45) is 2.36. The summed E-state index contributed by atoms with van der Waals surface area (Å²) < 4.78 is 11.4. The Morgan fingerprint density at radius 3 is 2.65 bits per heavy atom. The van der Waals surface area contributed by atoms with Gasteiger partial charge in [-0.05, 0) is 40.5 Å². The van der Waals surface area contributed by atoms with E-state index in [0.29, 0.717) is 24.3 Å². The maximum absolute atomic E-state index is 10.0. The van der Waals surface area contributed by atoms with E-state index in [4.69, 9.17) is 9.47 Å². The highest BCUT2D eigenvalue weighted by Crippen LogP contribution is 2.32. The maximum atomic E-state index is 10.0. The van der Waals surface area contributed by atoms with Gasteiger partial charge in [0.2, 0.25) is 5.88 Å². The van der Waals surface area contributed by atoms with Gasteiger partial charge in [0, 0.05) is 35.3 Å². The molecular formula is C19H20BrN3O3. The van der Waals surface area contributed by atoms with Crippen LogP contribution in [-0.4, -0.2) is 29.3 Å². The number of hydrogen-bond donors (Lipinski definition) is 2. The molecule has 136 valence electrons. The SMILES string of the molecule is CCc1cc2c(NCc3ccc(OC)cc3OC)ncc(Br)c2nc1O. The van der Waals surface area contributed by atoms with E-state index in [-0.39, 0.29) is 5.88 Å². The number of nitrogens with zero attached hydrogens (tertiary/aromatic N) is 2. The second kappa shape index (κ2) is 7.78. The summed E-state index contributed by atoms with van der Waals surface area (Å²) >= 11 is 3.45. The minimum absolute atomic E-state index is 0.0506. The smallest absolute Gasteiger partial charge is 0.214 e. The zero-order valence-corrected chi connectivity index (χ0v) is 16.4. The lowest BCUT2D eigenvalue weighted by atomic mass is 10.1. The van der Waals surface area contributed by atoms with Crippen LogP contribution < -0.4 is 14.8 Å². The summed E-state index contributed by atoms with van der Waals surface area (Å²) in [5, 5.41) is 14.2. The molecule has 0 unspecified atom stereocenters. The second-order valence-corrected chi connectivity index (χ2v) is 6.56. The molecule has 0 amide bonds. The highest BCUT2D eigenvalue weighted by molar-refractivity contribution is 9.10. The number of halogens is 1. The first kappa shape index (κ1) is 18.3. The zero-order chi connectivity index (χ0) is 18.7.